The van der Waals surface area contributed by atoms with Gasteiger partial charge in [0.2, 0.25) is 0 Å². The van der Waals surface area contributed by atoms with Gasteiger partial charge in [0.1, 0.15) is 0 Å². The molecule has 4 N–H and O–H groups in total. The zero-order valence-electron chi connectivity index (χ0n) is 22.7. The molecule has 8 atom stereocenters. The third kappa shape index (κ3) is 3.78. The summed E-state index contributed by atoms with van der Waals surface area (Å²) in [5, 5.41) is 42.0. The zero-order chi connectivity index (χ0) is 26.0. The highest BCUT2D eigenvalue weighted by Crippen LogP contribution is 2.72. The normalized spacial score (nSPS) is 43.9. The molecule has 0 bridgehead atoms. The number of hydrogen-bond acceptors (Lipinski definition) is 4. The first-order valence-electron chi connectivity index (χ1n) is 13.8. The van der Waals surface area contributed by atoms with E-state index in [4.69, 9.17) is 0 Å². The second kappa shape index (κ2) is 8.99. The van der Waals surface area contributed by atoms with Gasteiger partial charge in [-0.1, -0.05) is 57.4 Å². The molecule has 35 heavy (non-hydrogen) atoms. The molecular formula is C30H48O5. The van der Waals surface area contributed by atoms with Crippen LogP contribution in [-0.4, -0.2) is 45.2 Å². The molecule has 0 spiro atoms. The molecule has 0 aromatic heterocycles. The first kappa shape index (κ1) is 26.9. The molecule has 198 valence electrons. The Labute approximate surface area is 211 Å². The zero-order valence-corrected chi connectivity index (χ0v) is 22.7. The summed E-state index contributed by atoms with van der Waals surface area (Å²) in [5.74, 6) is -0.918. The summed E-state index contributed by atoms with van der Waals surface area (Å²) in [5.41, 5.74) is 3.03. The molecule has 5 nitrogen and oxygen atoms in total. The van der Waals surface area contributed by atoms with Gasteiger partial charge in [-0.15, -0.1) is 0 Å². The van der Waals surface area contributed by atoms with Crippen LogP contribution in [0, 0.1) is 39.4 Å². The molecule has 2 fully saturated rings. The topological polar surface area (TPSA) is 98.0 Å². The lowest BCUT2D eigenvalue weighted by molar-refractivity contribution is -0.147. The molecule has 0 radical (unpaired) electrons. The van der Waals surface area contributed by atoms with Crippen LogP contribution < -0.4 is 0 Å². The fraction of sp³-hybridized carbons (Fsp3) is 0.833. The number of aliphatic hydroxyl groups excluding tert-OH is 3. The minimum atomic E-state index is -0.763. The molecule has 0 aliphatic heterocycles. The van der Waals surface area contributed by atoms with Crippen LogP contribution in [0.2, 0.25) is 0 Å². The number of carboxylic acid groups (broad SMARTS) is 1. The van der Waals surface area contributed by atoms with Crippen molar-refractivity contribution in [3.63, 3.8) is 0 Å². The van der Waals surface area contributed by atoms with E-state index in [2.05, 4.69) is 34.6 Å². The lowest BCUT2D eigenvalue weighted by atomic mass is 9.43. The molecule has 0 amide bonds. The van der Waals surface area contributed by atoms with Crippen molar-refractivity contribution in [1.29, 1.82) is 0 Å². The van der Waals surface area contributed by atoms with E-state index < -0.39 is 23.4 Å². The van der Waals surface area contributed by atoms with Crippen molar-refractivity contribution < 1.29 is 25.2 Å². The van der Waals surface area contributed by atoms with E-state index in [9.17, 15) is 25.2 Å². The van der Waals surface area contributed by atoms with Crippen LogP contribution in [0.5, 0.6) is 0 Å². The summed E-state index contributed by atoms with van der Waals surface area (Å²) in [7, 11) is 0. The van der Waals surface area contributed by atoms with Crippen LogP contribution in [0.4, 0.5) is 0 Å². The minimum Gasteiger partial charge on any atom is -0.481 e. The van der Waals surface area contributed by atoms with Crippen molar-refractivity contribution in [1.82, 2.24) is 0 Å². The summed E-state index contributed by atoms with van der Waals surface area (Å²) >= 11 is 0. The van der Waals surface area contributed by atoms with E-state index >= 15 is 0 Å². The van der Waals surface area contributed by atoms with E-state index in [0.29, 0.717) is 25.2 Å². The number of aliphatic carboxylic acids is 1. The van der Waals surface area contributed by atoms with Gasteiger partial charge in [0.05, 0.1) is 24.7 Å². The number of aliphatic hydroxyl groups is 3. The van der Waals surface area contributed by atoms with Crippen molar-refractivity contribution >= 4 is 5.97 Å². The number of allylic oxidation sites excluding steroid dienone is 2. The third-order valence-corrected chi connectivity index (χ3v) is 11.9. The maximum Gasteiger partial charge on any atom is 0.306 e. The largest absolute Gasteiger partial charge is 0.481 e. The lowest BCUT2D eigenvalue weighted by Gasteiger charge is -2.62. The molecule has 0 heterocycles. The smallest absolute Gasteiger partial charge is 0.306 e. The Bertz CT molecular complexity index is 918. The van der Waals surface area contributed by atoms with E-state index in [0.717, 1.165) is 44.1 Å². The van der Waals surface area contributed by atoms with E-state index in [1.807, 2.05) is 13.0 Å². The van der Waals surface area contributed by atoms with Gasteiger partial charge in [-0.05, 0) is 92.8 Å². The Morgan fingerprint density at radius 1 is 1.03 bits per heavy atom. The van der Waals surface area contributed by atoms with Crippen LogP contribution in [0.1, 0.15) is 99.3 Å². The highest BCUT2D eigenvalue weighted by atomic mass is 16.4. The maximum atomic E-state index is 12.5. The van der Waals surface area contributed by atoms with Gasteiger partial charge in [0, 0.05) is 5.41 Å². The fourth-order valence-electron chi connectivity index (χ4n) is 9.44. The molecule has 0 aromatic rings. The van der Waals surface area contributed by atoms with E-state index in [-0.39, 0.29) is 34.9 Å². The highest BCUT2D eigenvalue weighted by molar-refractivity contribution is 5.71. The van der Waals surface area contributed by atoms with Gasteiger partial charge in [-0.25, -0.2) is 0 Å². The molecular weight excluding hydrogens is 440 g/mol. The average molecular weight is 489 g/mol. The number of fused-ring (bicyclic) bond motifs is 4. The van der Waals surface area contributed by atoms with Crippen LogP contribution >= 0.6 is 0 Å². The van der Waals surface area contributed by atoms with Gasteiger partial charge < -0.3 is 20.4 Å². The number of carbonyl (C=O) groups is 1. The maximum absolute atomic E-state index is 12.5. The predicted octanol–water partition coefficient (Wildman–Crippen LogP) is 5.49. The molecule has 4 aliphatic carbocycles. The number of hydrogen-bond donors (Lipinski definition) is 4. The highest BCUT2D eigenvalue weighted by Gasteiger charge is 2.67. The quantitative estimate of drug-likeness (QED) is 0.371. The summed E-state index contributed by atoms with van der Waals surface area (Å²) < 4.78 is 0. The molecule has 0 saturated heterocycles. The lowest BCUT2D eigenvalue weighted by Crippen LogP contribution is -2.56. The first-order chi connectivity index (χ1) is 16.2. The molecule has 0 aromatic carbocycles. The van der Waals surface area contributed by atoms with Crippen molar-refractivity contribution in [3.05, 3.63) is 22.8 Å². The molecule has 4 aliphatic rings. The van der Waals surface area contributed by atoms with Crippen molar-refractivity contribution in [2.75, 3.05) is 6.61 Å². The second-order valence-electron chi connectivity index (χ2n) is 13.6. The van der Waals surface area contributed by atoms with Gasteiger partial charge in [-0.2, -0.15) is 0 Å². The Hall–Kier alpha value is -1.17. The van der Waals surface area contributed by atoms with Crippen molar-refractivity contribution in [2.24, 2.45) is 39.4 Å². The second-order valence-corrected chi connectivity index (χ2v) is 13.6. The van der Waals surface area contributed by atoms with Gasteiger partial charge in [0.15, 0.2) is 0 Å². The van der Waals surface area contributed by atoms with Gasteiger partial charge in [-0.3, -0.25) is 4.79 Å². The summed E-state index contributed by atoms with van der Waals surface area (Å²) in [6, 6.07) is 0. The fourth-order valence-corrected chi connectivity index (χ4v) is 9.44. The van der Waals surface area contributed by atoms with Crippen molar-refractivity contribution in [2.45, 2.75) is 112 Å². The van der Waals surface area contributed by atoms with E-state index in [1.54, 1.807) is 0 Å². The average Bonchev–Trinajstić information content (AvgIpc) is 3.00. The molecule has 0 unspecified atom stereocenters. The SMILES string of the molecule is C/C(=C\CC[C@@H](C(=O)O)[C@H]1C[C@H](O)[C@@]2(C)C3=C(CC[C@]12C)[C@@]1(C)CC[C@H](O)C(C)(C)[C@@H]1CC3)CO. The Morgan fingerprint density at radius 3 is 2.34 bits per heavy atom. The van der Waals surface area contributed by atoms with Crippen LogP contribution in [-0.2, 0) is 4.79 Å². The summed E-state index contributed by atoms with van der Waals surface area (Å²) in [4.78, 5) is 12.5. The standard InChI is InChI=1S/C30H48O5/c1-18(17-31)8-7-9-19(26(34)35)22-16-25(33)30(6)21-10-11-23-27(2,3)24(32)13-14-28(23,4)20(21)12-15-29(22,30)5/h8,19,22-25,31-33H,7,9-17H2,1-6H3,(H,34,35)/b18-8+/t19-,22-,23+,24+,25+,28-,29-,30-/m1/s1. The first-order valence-corrected chi connectivity index (χ1v) is 13.8. The minimum absolute atomic E-state index is 0.000193. The molecule has 2 saturated carbocycles. The van der Waals surface area contributed by atoms with Crippen LogP contribution in [0.25, 0.3) is 0 Å². The van der Waals surface area contributed by atoms with Crippen LogP contribution in [0.3, 0.4) is 0 Å². The van der Waals surface area contributed by atoms with E-state index in [1.165, 1.54) is 11.1 Å². The Morgan fingerprint density at radius 2 is 1.71 bits per heavy atom. The Balaban J connectivity index is 1.71. The molecule has 5 heteroatoms. The number of rotatable bonds is 6. The Kier molecular flexibility index (Phi) is 6.90. The number of carboxylic acids is 1. The third-order valence-electron chi connectivity index (χ3n) is 11.9. The molecule has 4 rings (SSSR count). The van der Waals surface area contributed by atoms with Crippen molar-refractivity contribution in [3.8, 4) is 0 Å². The monoisotopic (exact) mass is 488 g/mol. The van der Waals surface area contributed by atoms with Gasteiger partial charge >= 0.3 is 5.97 Å². The predicted molar refractivity (Wildman–Crippen MR) is 138 cm³/mol. The summed E-state index contributed by atoms with van der Waals surface area (Å²) in [6.07, 6.45) is 8.49. The van der Waals surface area contributed by atoms with Gasteiger partial charge in [0.25, 0.3) is 0 Å². The summed E-state index contributed by atoms with van der Waals surface area (Å²) in [6.45, 7) is 13.2. The van der Waals surface area contributed by atoms with Crippen LogP contribution in [0.15, 0.2) is 22.8 Å².